The summed E-state index contributed by atoms with van der Waals surface area (Å²) in [6.45, 7) is 2.13. The van der Waals surface area contributed by atoms with Crippen molar-refractivity contribution in [1.29, 1.82) is 0 Å². The average Bonchev–Trinajstić information content (AvgIpc) is 2.20. The molecule has 0 aromatic carbocycles. The van der Waals surface area contributed by atoms with Crippen molar-refractivity contribution >= 4 is 0 Å². The van der Waals surface area contributed by atoms with Gasteiger partial charge < -0.3 is 0 Å². The lowest BCUT2D eigenvalue weighted by Gasteiger charge is -2.23. The van der Waals surface area contributed by atoms with Crippen LogP contribution in [0.2, 0.25) is 0 Å². The molecule has 50 valence electrons. The first-order valence-electron chi connectivity index (χ1n) is 4.03. The lowest BCUT2D eigenvalue weighted by Crippen LogP contribution is -2.13. The molecule has 0 N–H and O–H groups in total. The molecule has 0 aromatic rings. The van der Waals surface area contributed by atoms with Crippen LogP contribution in [-0.2, 0) is 0 Å². The van der Waals surface area contributed by atoms with E-state index in [9.17, 15) is 0 Å². The Hall–Kier alpha value is -0.260. The van der Waals surface area contributed by atoms with Gasteiger partial charge in [0.25, 0.3) is 0 Å². The van der Waals surface area contributed by atoms with E-state index < -0.39 is 0 Å². The molecule has 1 unspecified atom stereocenters. The molecule has 9 heavy (non-hydrogen) atoms. The van der Waals surface area contributed by atoms with Crippen molar-refractivity contribution in [2.75, 3.05) is 0 Å². The molecule has 3 saturated carbocycles. The molecule has 3 fully saturated rings. The van der Waals surface area contributed by atoms with Gasteiger partial charge in [-0.3, -0.25) is 0 Å². The smallest absolute Gasteiger partial charge is 0.0202 e. The fourth-order valence-electron chi connectivity index (χ4n) is 2.39. The number of hydrogen-bond donors (Lipinski definition) is 0. The molecule has 0 radical (unpaired) electrons. The third kappa shape index (κ3) is 0.726. The monoisotopic (exact) mass is 122 g/mol. The van der Waals surface area contributed by atoms with Gasteiger partial charge in [0.1, 0.15) is 0 Å². The first-order valence-corrected chi connectivity index (χ1v) is 4.03. The number of fused-ring (bicyclic) bond motifs is 1. The predicted molar refractivity (Wildman–Crippen MR) is 39.1 cm³/mol. The summed E-state index contributed by atoms with van der Waals surface area (Å²) in [5.41, 5.74) is 0. The molecular weight excluding hydrogens is 108 g/mol. The Morgan fingerprint density at radius 2 is 2.00 bits per heavy atom. The highest BCUT2D eigenvalue weighted by molar-refractivity contribution is 5.02. The summed E-state index contributed by atoms with van der Waals surface area (Å²) < 4.78 is 0. The average molecular weight is 122 g/mol. The van der Waals surface area contributed by atoms with Gasteiger partial charge in [-0.1, -0.05) is 12.2 Å². The Balaban J connectivity index is 2.00. The Labute approximate surface area is 57.0 Å². The summed E-state index contributed by atoms with van der Waals surface area (Å²) in [6, 6.07) is 0. The third-order valence-electron chi connectivity index (χ3n) is 2.92. The van der Waals surface area contributed by atoms with Gasteiger partial charge in [0.15, 0.2) is 0 Å². The molecule has 3 aliphatic rings. The molecule has 0 aromatic heterocycles. The first-order chi connectivity index (χ1) is 4.40. The third-order valence-corrected chi connectivity index (χ3v) is 2.92. The molecule has 0 nitrogen and oxygen atoms in total. The highest BCUT2D eigenvalue weighted by Gasteiger charge is 2.42. The SMILES string of the molecule is CC=CC1CC2CC1C2. The molecule has 0 spiro atoms. The van der Waals surface area contributed by atoms with Crippen LogP contribution < -0.4 is 0 Å². The molecule has 3 aliphatic carbocycles. The van der Waals surface area contributed by atoms with Gasteiger partial charge in [0.2, 0.25) is 0 Å². The van der Waals surface area contributed by atoms with Crippen molar-refractivity contribution in [3.05, 3.63) is 12.2 Å². The summed E-state index contributed by atoms with van der Waals surface area (Å²) in [5, 5.41) is 0. The largest absolute Gasteiger partial charge is 0.0914 e. The fraction of sp³-hybridized carbons (Fsp3) is 0.778. The van der Waals surface area contributed by atoms with Crippen LogP contribution in [0, 0.1) is 17.8 Å². The summed E-state index contributed by atoms with van der Waals surface area (Å²) in [4.78, 5) is 0. The van der Waals surface area contributed by atoms with E-state index in [1.807, 2.05) is 0 Å². The van der Waals surface area contributed by atoms with Crippen molar-refractivity contribution in [3.8, 4) is 0 Å². The minimum atomic E-state index is 0.972. The Morgan fingerprint density at radius 3 is 2.44 bits per heavy atom. The van der Waals surface area contributed by atoms with Crippen molar-refractivity contribution in [2.24, 2.45) is 17.8 Å². The molecule has 0 heteroatoms. The molecule has 1 atom stereocenters. The van der Waals surface area contributed by atoms with Crippen molar-refractivity contribution in [3.63, 3.8) is 0 Å². The summed E-state index contributed by atoms with van der Waals surface area (Å²) in [7, 11) is 0. The van der Waals surface area contributed by atoms with E-state index in [1.54, 1.807) is 0 Å². The van der Waals surface area contributed by atoms with Crippen LogP contribution in [0.5, 0.6) is 0 Å². The van der Waals surface area contributed by atoms with Gasteiger partial charge in [0, 0.05) is 0 Å². The van der Waals surface area contributed by atoms with Crippen molar-refractivity contribution in [2.45, 2.75) is 26.2 Å². The lowest BCUT2D eigenvalue weighted by atomic mass is 9.82. The Morgan fingerprint density at radius 1 is 1.22 bits per heavy atom. The second kappa shape index (κ2) is 1.86. The Bertz CT molecular complexity index is 129. The second-order valence-corrected chi connectivity index (χ2v) is 3.52. The lowest BCUT2D eigenvalue weighted by molar-refractivity contribution is 0.289. The van der Waals surface area contributed by atoms with Gasteiger partial charge in [0.05, 0.1) is 0 Å². The summed E-state index contributed by atoms with van der Waals surface area (Å²) >= 11 is 0. The minimum absolute atomic E-state index is 0.972. The minimum Gasteiger partial charge on any atom is -0.0914 e. The van der Waals surface area contributed by atoms with Gasteiger partial charge in [-0.05, 0) is 43.9 Å². The number of hydrogen-bond acceptors (Lipinski definition) is 0. The van der Waals surface area contributed by atoms with Crippen LogP contribution in [0.25, 0.3) is 0 Å². The van der Waals surface area contributed by atoms with Crippen LogP contribution >= 0.6 is 0 Å². The second-order valence-electron chi connectivity index (χ2n) is 3.52. The van der Waals surface area contributed by atoms with E-state index in [0.29, 0.717) is 0 Å². The summed E-state index contributed by atoms with van der Waals surface area (Å²) in [6.07, 6.45) is 9.18. The molecule has 0 heterocycles. The van der Waals surface area contributed by atoms with Crippen LogP contribution in [-0.4, -0.2) is 0 Å². The van der Waals surface area contributed by atoms with Gasteiger partial charge in [-0.25, -0.2) is 0 Å². The zero-order valence-corrected chi connectivity index (χ0v) is 6.01. The topological polar surface area (TPSA) is 0 Å². The highest BCUT2D eigenvalue weighted by atomic mass is 14.5. The van der Waals surface area contributed by atoms with E-state index >= 15 is 0 Å². The van der Waals surface area contributed by atoms with E-state index in [0.717, 1.165) is 17.8 Å². The first kappa shape index (κ1) is 5.52. The van der Waals surface area contributed by atoms with Gasteiger partial charge in [-0.15, -0.1) is 0 Å². The zero-order valence-electron chi connectivity index (χ0n) is 6.01. The molecule has 2 bridgehead atoms. The van der Waals surface area contributed by atoms with E-state index in [4.69, 9.17) is 0 Å². The number of rotatable bonds is 1. The van der Waals surface area contributed by atoms with Crippen LogP contribution in [0.4, 0.5) is 0 Å². The quantitative estimate of drug-likeness (QED) is 0.469. The van der Waals surface area contributed by atoms with Crippen LogP contribution in [0.1, 0.15) is 26.2 Å². The maximum Gasteiger partial charge on any atom is -0.0202 e. The fourth-order valence-corrected chi connectivity index (χ4v) is 2.39. The van der Waals surface area contributed by atoms with E-state index in [2.05, 4.69) is 19.1 Å². The molecule has 0 saturated heterocycles. The standard InChI is InChI=1S/C9H14/c1-2-3-8-4-7-5-9(8)6-7/h2-3,7-9H,4-6H2,1H3. The van der Waals surface area contributed by atoms with E-state index in [-0.39, 0.29) is 0 Å². The van der Waals surface area contributed by atoms with Gasteiger partial charge in [-0.2, -0.15) is 0 Å². The van der Waals surface area contributed by atoms with Crippen molar-refractivity contribution in [1.82, 2.24) is 0 Å². The molecule has 0 aliphatic heterocycles. The zero-order chi connectivity index (χ0) is 6.27. The highest BCUT2D eigenvalue weighted by Crippen LogP contribution is 2.52. The van der Waals surface area contributed by atoms with Crippen LogP contribution in [0.3, 0.4) is 0 Å². The molecule has 3 rings (SSSR count). The maximum atomic E-state index is 2.40. The Kier molecular flexibility index (Phi) is 1.14. The maximum absolute atomic E-state index is 2.40. The van der Waals surface area contributed by atoms with Crippen LogP contribution in [0.15, 0.2) is 12.2 Å². The van der Waals surface area contributed by atoms with Crippen molar-refractivity contribution < 1.29 is 0 Å². The predicted octanol–water partition coefficient (Wildman–Crippen LogP) is 2.61. The van der Waals surface area contributed by atoms with Gasteiger partial charge >= 0.3 is 0 Å². The molecule has 0 amide bonds. The van der Waals surface area contributed by atoms with E-state index in [1.165, 1.54) is 19.3 Å². The molecular formula is C9H14. The summed E-state index contributed by atoms with van der Waals surface area (Å²) in [5.74, 6) is 3.18. The number of allylic oxidation sites excluding steroid dienone is 2. The normalized spacial score (nSPS) is 47.9.